The first-order valence-electron chi connectivity index (χ1n) is 7.73. The van der Waals surface area contributed by atoms with Crippen LogP contribution in [0.15, 0.2) is 42.5 Å². The lowest BCUT2D eigenvalue weighted by atomic mass is 10.1. The summed E-state index contributed by atoms with van der Waals surface area (Å²) in [6.07, 6.45) is 0. The van der Waals surface area contributed by atoms with Crippen molar-refractivity contribution >= 4 is 11.6 Å². The van der Waals surface area contributed by atoms with E-state index in [0.717, 1.165) is 22.7 Å². The van der Waals surface area contributed by atoms with E-state index in [-0.39, 0.29) is 6.04 Å². The van der Waals surface area contributed by atoms with Gasteiger partial charge in [-0.1, -0.05) is 12.1 Å². The van der Waals surface area contributed by atoms with Gasteiger partial charge in [-0.05, 0) is 42.8 Å². The highest BCUT2D eigenvalue weighted by atomic mass is 16.5. The number of hydrogen-bond acceptors (Lipinski definition) is 5. The normalized spacial score (nSPS) is 16.1. The largest absolute Gasteiger partial charge is 0.497 e. The van der Waals surface area contributed by atoms with Crippen LogP contribution in [0.1, 0.15) is 22.8 Å². The molecule has 0 bridgehead atoms. The zero-order chi connectivity index (χ0) is 17.1. The maximum absolute atomic E-state index is 11.7. The first kappa shape index (κ1) is 16.1. The Morgan fingerprint density at radius 2 is 2.08 bits per heavy atom. The average molecular weight is 328 g/mol. The Kier molecular flexibility index (Phi) is 4.57. The molecular formula is C18H20N2O4. The molecule has 2 aromatic rings. The molecule has 6 nitrogen and oxygen atoms in total. The van der Waals surface area contributed by atoms with E-state index in [0.29, 0.717) is 18.7 Å². The number of benzene rings is 2. The molecular weight excluding hydrogens is 308 g/mol. The van der Waals surface area contributed by atoms with E-state index in [9.17, 15) is 4.79 Å². The molecule has 0 saturated carbocycles. The van der Waals surface area contributed by atoms with E-state index in [4.69, 9.17) is 14.7 Å². The Hall–Kier alpha value is -2.73. The Morgan fingerprint density at radius 3 is 2.75 bits per heavy atom. The fourth-order valence-electron chi connectivity index (χ4n) is 2.78. The first-order valence-corrected chi connectivity index (χ1v) is 7.73. The number of fused-ring (bicyclic) bond motifs is 1. The van der Waals surface area contributed by atoms with Crippen molar-refractivity contribution in [3.63, 3.8) is 0 Å². The number of hydrogen-bond donors (Lipinski definition) is 2. The summed E-state index contributed by atoms with van der Waals surface area (Å²) in [5.41, 5.74) is 4.02. The second kappa shape index (κ2) is 6.80. The third kappa shape index (κ3) is 3.14. The fourth-order valence-corrected chi connectivity index (χ4v) is 2.78. The van der Waals surface area contributed by atoms with Crippen LogP contribution in [0, 0.1) is 0 Å². The van der Waals surface area contributed by atoms with E-state index < -0.39 is 5.91 Å². The van der Waals surface area contributed by atoms with Crippen LogP contribution in [0.5, 0.6) is 11.5 Å². The Balaban J connectivity index is 1.91. The van der Waals surface area contributed by atoms with Crippen LogP contribution in [0.2, 0.25) is 0 Å². The van der Waals surface area contributed by atoms with Crippen molar-refractivity contribution in [1.29, 1.82) is 0 Å². The van der Waals surface area contributed by atoms with Crippen molar-refractivity contribution in [1.82, 2.24) is 5.48 Å². The molecule has 2 aromatic carbocycles. The van der Waals surface area contributed by atoms with Gasteiger partial charge >= 0.3 is 0 Å². The second-order valence-electron chi connectivity index (χ2n) is 5.76. The minimum absolute atomic E-state index is 0.159. The molecule has 6 heteroatoms. The van der Waals surface area contributed by atoms with Crippen molar-refractivity contribution in [2.24, 2.45) is 0 Å². The summed E-state index contributed by atoms with van der Waals surface area (Å²) < 4.78 is 10.9. The fraction of sp³-hybridized carbons (Fsp3) is 0.278. The van der Waals surface area contributed by atoms with Gasteiger partial charge in [-0.2, -0.15) is 0 Å². The number of ether oxygens (including phenoxy) is 2. The predicted molar refractivity (Wildman–Crippen MR) is 89.8 cm³/mol. The summed E-state index contributed by atoms with van der Waals surface area (Å²) in [6, 6.07) is 13.2. The van der Waals surface area contributed by atoms with Crippen LogP contribution < -0.4 is 19.9 Å². The minimum Gasteiger partial charge on any atom is -0.497 e. The Bertz CT molecular complexity index is 730. The zero-order valence-electron chi connectivity index (χ0n) is 13.7. The van der Waals surface area contributed by atoms with E-state index in [2.05, 4.69) is 11.8 Å². The number of hydroxylamine groups is 1. The summed E-state index contributed by atoms with van der Waals surface area (Å²) >= 11 is 0. The van der Waals surface area contributed by atoms with Crippen molar-refractivity contribution < 1.29 is 19.5 Å². The average Bonchev–Trinajstić information content (AvgIpc) is 2.63. The number of anilines is 1. The van der Waals surface area contributed by atoms with Gasteiger partial charge in [-0.3, -0.25) is 10.0 Å². The van der Waals surface area contributed by atoms with Gasteiger partial charge in [-0.15, -0.1) is 0 Å². The van der Waals surface area contributed by atoms with Crippen LogP contribution >= 0.6 is 0 Å². The first-order chi connectivity index (χ1) is 11.6. The number of carbonyl (C=O) groups excluding carboxylic acids is 1. The van der Waals surface area contributed by atoms with Gasteiger partial charge in [0.25, 0.3) is 5.91 Å². The molecule has 0 saturated heterocycles. The van der Waals surface area contributed by atoms with Crippen LogP contribution in [-0.2, 0) is 6.54 Å². The van der Waals surface area contributed by atoms with Gasteiger partial charge in [0.05, 0.1) is 18.8 Å². The minimum atomic E-state index is -0.541. The number of carbonyl (C=O) groups is 1. The summed E-state index contributed by atoms with van der Waals surface area (Å²) in [4.78, 5) is 13.9. The summed E-state index contributed by atoms with van der Waals surface area (Å²) in [7, 11) is 1.64. The quantitative estimate of drug-likeness (QED) is 0.667. The molecule has 2 N–H and O–H groups in total. The topological polar surface area (TPSA) is 71.0 Å². The molecule has 1 heterocycles. The molecule has 1 unspecified atom stereocenters. The molecule has 1 atom stereocenters. The highest BCUT2D eigenvalue weighted by molar-refractivity contribution is 5.95. The summed E-state index contributed by atoms with van der Waals surface area (Å²) in [5, 5.41) is 8.84. The Morgan fingerprint density at radius 1 is 1.33 bits per heavy atom. The lowest BCUT2D eigenvalue weighted by molar-refractivity contribution is 0.0706. The smallest absolute Gasteiger partial charge is 0.274 e. The van der Waals surface area contributed by atoms with Crippen LogP contribution in [-0.4, -0.2) is 30.9 Å². The molecule has 3 rings (SSSR count). The van der Waals surface area contributed by atoms with E-state index >= 15 is 0 Å². The molecule has 0 fully saturated rings. The summed E-state index contributed by atoms with van der Waals surface area (Å²) in [6.45, 7) is 3.34. The lowest BCUT2D eigenvalue weighted by Crippen LogP contribution is -2.40. The lowest BCUT2D eigenvalue weighted by Gasteiger charge is -2.37. The van der Waals surface area contributed by atoms with Gasteiger partial charge in [0.1, 0.15) is 18.1 Å². The third-order valence-corrected chi connectivity index (χ3v) is 4.16. The van der Waals surface area contributed by atoms with Crippen LogP contribution in [0.3, 0.4) is 0 Å². The molecule has 0 aliphatic carbocycles. The number of amides is 1. The number of rotatable bonds is 4. The zero-order valence-corrected chi connectivity index (χ0v) is 13.7. The molecule has 0 spiro atoms. The van der Waals surface area contributed by atoms with Crippen LogP contribution in [0.25, 0.3) is 0 Å². The number of nitrogens with zero attached hydrogens (tertiary/aromatic N) is 1. The number of methoxy groups -OCH3 is 1. The van der Waals surface area contributed by atoms with Crippen molar-refractivity contribution in [2.75, 3.05) is 18.6 Å². The highest BCUT2D eigenvalue weighted by Crippen LogP contribution is 2.36. The molecule has 1 amide bonds. The molecule has 0 radical (unpaired) electrons. The van der Waals surface area contributed by atoms with Crippen molar-refractivity contribution in [3.8, 4) is 11.5 Å². The SMILES string of the molecule is COc1ccc(CN2c3cc(C(=O)NO)ccc3OCC2C)cc1. The van der Waals surface area contributed by atoms with Crippen molar-refractivity contribution in [2.45, 2.75) is 19.5 Å². The molecule has 24 heavy (non-hydrogen) atoms. The Labute approximate surface area is 140 Å². The van der Waals surface area contributed by atoms with E-state index in [1.807, 2.05) is 24.3 Å². The monoisotopic (exact) mass is 328 g/mol. The summed E-state index contributed by atoms with van der Waals surface area (Å²) in [5.74, 6) is 1.01. The maximum Gasteiger partial charge on any atom is 0.274 e. The van der Waals surface area contributed by atoms with Gasteiger partial charge in [0.15, 0.2) is 0 Å². The highest BCUT2D eigenvalue weighted by Gasteiger charge is 2.25. The number of nitrogens with one attached hydrogen (secondary N) is 1. The molecule has 126 valence electrons. The van der Waals surface area contributed by atoms with Gasteiger partial charge in [0, 0.05) is 12.1 Å². The molecule has 1 aliphatic rings. The molecule has 1 aliphatic heterocycles. The van der Waals surface area contributed by atoms with Gasteiger partial charge in [-0.25, -0.2) is 5.48 Å². The van der Waals surface area contributed by atoms with Gasteiger partial charge < -0.3 is 14.4 Å². The van der Waals surface area contributed by atoms with Crippen molar-refractivity contribution in [3.05, 3.63) is 53.6 Å². The second-order valence-corrected chi connectivity index (χ2v) is 5.76. The van der Waals surface area contributed by atoms with Crippen LogP contribution in [0.4, 0.5) is 5.69 Å². The third-order valence-electron chi connectivity index (χ3n) is 4.16. The maximum atomic E-state index is 11.7. The van der Waals surface area contributed by atoms with E-state index in [1.54, 1.807) is 30.8 Å². The molecule has 0 aromatic heterocycles. The predicted octanol–water partition coefficient (Wildman–Crippen LogP) is 2.60. The van der Waals surface area contributed by atoms with E-state index in [1.165, 1.54) is 0 Å². The standard InChI is InChI=1S/C18H20N2O4/c1-12-11-24-17-8-5-14(18(21)19-22)9-16(17)20(12)10-13-3-6-15(23-2)7-4-13/h3-9,12,22H,10-11H2,1-2H3,(H,19,21). The van der Waals surface area contributed by atoms with Gasteiger partial charge in [0.2, 0.25) is 0 Å².